The first-order chi connectivity index (χ1) is 10.1. The van der Waals surface area contributed by atoms with E-state index in [1.165, 1.54) is 0 Å². The first-order valence-electron chi connectivity index (χ1n) is 7.46. The summed E-state index contributed by atoms with van der Waals surface area (Å²) in [5.74, 6) is 0. The lowest BCUT2D eigenvalue weighted by molar-refractivity contribution is -0.00734. The molecule has 1 heterocycles. The van der Waals surface area contributed by atoms with Crippen molar-refractivity contribution < 1.29 is 10.2 Å². The van der Waals surface area contributed by atoms with E-state index in [1.807, 2.05) is 12.2 Å². The lowest BCUT2D eigenvalue weighted by Gasteiger charge is -2.47. The molecule has 0 saturated heterocycles. The molecule has 0 radical (unpaired) electrons. The number of allylic oxidation sites excluding steroid dienone is 1. The van der Waals surface area contributed by atoms with E-state index >= 15 is 0 Å². The van der Waals surface area contributed by atoms with Crippen molar-refractivity contribution in [3.8, 4) is 0 Å². The first kappa shape index (κ1) is 18.2. The van der Waals surface area contributed by atoms with Crippen LogP contribution >= 0.6 is 0 Å². The van der Waals surface area contributed by atoms with Crippen LogP contribution in [0.3, 0.4) is 0 Å². The lowest BCUT2D eigenvalue weighted by atomic mass is 9.72. The van der Waals surface area contributed by atoms with Gasteiger partial charge in [-0.15, -0.1) is 0 Å². The maximum Gasteiger partial charge on any atom is 0.103 e. The van der Waals surface area contributed by atoms with Gasteiger partial charge < -0.3 is 32.3 Å². The largest absolute Gasteiger partial charge is 0.394 e. The second-order valence-electron chi connectivity index (χ2n) is 5.37. The number of aliphatic hydroxyl groups is 2. The molecule has 0 fully saturated rings. The highest BCUT2D eigenvalue weighted by atomic mass is 16.3. The van der Waals surface area contributed by atoms with Crippen molar-refractivity contribution in [2.75, 3.05) is 39.3 Å². The molecule has 0 amide bonds. The highest BCUT2D eigenvalue weighted by Crippen LogP contribution is 2.36. The maximum absolute atomic E-state index is 10.3. The zero-order valence-electron chi connectivity index (χ0n) is 12.8. The van der Waals surface area contributed by atoms with Crippen LogP contribution in [0.1, 0.15) is 13.3 Å². The van der Waals surface area contributed by atoms with Gasteiger partial charge in [0, 0.05) is 32.4 Å². The number of rotatable bonds is 11. The average Bonchev–Trinajstić information content (AvgIpc) is 2.95. The van der Waals surface area contributed by atoms with Gasteiger partial charge in [0.15, 0.2) is 0 Å². The van der Waals surface area contributed by atoms with Gasteiger partial charge in [0.25, 0.3) is 0 Å². The molecule has 122 valence electrons. The summed E-state index contributed by atoms with van der Waals surface area (Å²) in [6.45, 7) is 4.33. The summed E-state index contributed by atoms with van der Waals surface area (Å²) in [6.07, 6.45) is 5.34. The van der Waals surface area contributed by atoms with Crippen LogP contribution in [-0.4, -0.2) is 72.9 Å². The van der Waals surface area contributed by atoms with Crippen LogP contribution in [0.4, 0.5) is 0 Å². The average molecular weight is 299 g/mol. The molecular formula is C14H29N5O2. The molecule has 8 N–H and O–H groups in total. The molecule has 3 atom stereocenters. The van der Waals surface area contributed by atoms with Gasteiger partial charge in [0.05, 0.1) is 18.2 Å². The molecule has 1 rings (SSSR count). The van der Waals surface area contributed by atoms with Gasteiger partial charge in [-0.05, 0) is 26.0 Å². The maximum atomic E-state index is 10.3. The number of hydrogen-bond acceptors (Lipinski definition) is 7. The summed E-state index contributed by atoms with van der Waals surface area (Å²) in [4.78, 5) is 4.55. The molecule has 0 bridgehead atoms. The van der Waals surface area contributed by atoms with E-state index in [4.69, 9.17) is 11.5 Å². The molecule has 0 aliphatic carbocycles. The minimum absolute atomic E-state index is 0.233. The molecular weight excluding hydrogens is 270 g/mol. The Morgan fingerprint density at radius 2 is 2.00 bits per heavy atom. The number of hydrogen-bond donors (Lipinski definition) is 6. The van der Waals surface area contributed by atoms with E-state index in [9.17, 15) is 10.2 Å². The molecule has 0 aromatic heterocycles. The Balaban J connectivity index is 2.96. The van der Waals surface area contributed by atoms with Crippen LogP contribution in [0.5, 0.6) is 0 Å². The smallest absolute Gasteiger partial charge is 0.103 e. The van der Waals surface area contributed by atoms with Crippen LogP contribution in [0.2, 0.25) is 0 Å². The van der Waals surface area contributed by atoms with Gasteiger partial charge >= 0.3 is 0 Å². The zero-order valence-corrected chi connectivity index (χ0v) is 12.8. The molecule has 1 aliphatic rings. The Bertz CT molecular complexity index is 347. The molecule has 0 spiro atoms. The molecule has 3 unspecified atom stereocenters. The van der Waals surface area contributed by atoms with Gasteiger partial charge in [-0.2, -0.15) is 0 Å². The number of aliphatic hydroxyl groups excluding tert-OH is 2. The fourth-order valence-corrected chi connectivity index (χ4v) is 2.84. The zero-order chi connectivity index (χ0) is 15.8. The second kappa shape index (κ2) is 8.57. The van der Waals surface area contributed by atoms with Crippen LogP contribution in [-0.2, 0) is 0 Å². The van der Waals surface area contributed by atoms with E-state index < -0.39 is 17.2 Å². The van der Waals surface area contributed by atoms with Gasteiger partial charge in [0.2, 0.25) is 0 Å². The van der Waals surface area contributed by atoms with Crippen molar-refractivity contribution >= 4 is 6.21 Å². The van der Waals surface area contributed by atoms with Crippen molar-refractivity contribution in [2.45, 2.75) is 30.5 Å². The van der Waals surface area contributed by atoms with E-state index in [1.54, 1.807) is 13.1 Å². The Labute approximate surface area is 126 Å². The molecule has 0 aromatic carbocycles. The van der Waals surface area contributed by atoms with Crippen molar-refractivity contribution in [1.29, 1.82) is 0 Å². The topological polar surface area (TPSA) is 129 Å². The summed E-state index contributed by atoms with van der Waals surface area (Å²) < 4.78 is 0. The van der Waals surface area contributed by atoms with Crippen molar-refractivity contribution in [2.24, 2.45) is 16.5 Å². The van der Waals surface area contributed by atoms with Crippen molar-refractivity contribution in [3.05, 3.63) is 12.2 Å². The molecule has 7 heteroatoms. The molecule has 21 heavy (non-hydrogen) atoms. The third kappa shape index (κ3) is 3.88. The Morgan fingerprint density at radius 3 is 2.48 bits per heavy atom. The van der Waals surface area contributed by atoms with E-state index in [2.05, 4.69) is 15.6 Å². The number of nitrogens with one attached hydrogen (secondary N) is 2. The van der Waals surface area contributed by atoms with Crippen molar-refractivity contribution in [1.82, 2.24) is 10.6 Å². The summed E-state index contributed by atoms with van der Waals surface area (Å²) in [7, 11) is 0. The molecule has 0 saturated carbocycles. The Morgan fingerprint density at radius 1 is 1.29 bits per heavy atom. The molecule has 0 aromatic rings. The van der Waals surface area contributed by atoms with Crippen LogP contribution in [0.25, 0.3) is 0 Å². The van der Waals surface area contributed by atoms with Gasteiger partial charge in [-0.1, -0.05) is 6.08 Å². The highest BCUT2D eigenvalue weighted by molar-refractivity contribution is 5.76. The van der Waals surface area contributed by atoms with Crippen LogP contribution in [0, 0.1) is 0 Å². The SMILES string of the molecule is CC(O)C(CO)(NCCN)C1(CCNCCN)C=CC=N1. The Hall–Kier alpha value is -0.830. The minimum atomic E-state index is -0.958. The first-order valence-corrected chi connectivity index (χ1v) is 7.46. The predicted molar refractivity (Wildman–Crippen MR) is 85.5 cm³/mol. The minimum Gasteiger partial charge on any atom is -0.394 e. The molecule has 1 aliphatic heterocycles. The normalized spacial score (nSPS) is 25.2. The summed E-state index contributed by atoms with van der Waals surface area (Å²) in [5.41, 5.74) is 9.37. The van der Waals surface area contributed by atoms with E-state index in [0.29, 0.717) is 32.6 Å². The van der Waals surface area contributed by atoms with Gasteiger partial charge in [-0.25, -0.2) is 0 Å². The van der Waals surface area contributed by atoms with Gasteiger partial charge in [-0.3, -0.25) is 4.99 Å². The third-order valence-corrected chi connectivity index (χ3v) is 4.09. The highest BCUT2D eigenvalue weighted by Gasteiger charge is 2.52. The standard InChI is InChI=1S/C14H29N5O2/c1-12(21)14(11-20,19-10-6-16)13(3-2-7-18-13)4-8-17-9-5-15/h2-3,7,12,17,19-21H,4-6,8-11,15-16H2,1H3. The fourth-order valence-electron chi connectivity index (χ4n) is 2.84. The molecule has 7 nitrogen and oxygen atoms in total. The third-order valence-electron chi connectivity index (χ3n) is 4.09. The van der Waals surface area contributed by atoms with Gasteiger partial charge in [0.1, 0.15) is 5.54 Å². The predicted octanol–water partition coefficient (Wildman–Crippen LogP) is -2.04. The Kier molecular flexibility index (Phi) is 7.44. The van der Waals surface area contributed by atoms with E-state index in [-0.39, 0.29) is 6.61 Å². The summed E-state index contributed by atoms with van der Waals surface area (Å²) >= 11 is 0. The number of aliphatic imine (C=N–C) groups is 1. The van der Waals surface area contributed by atoms with E-state index in [0.717, 1.165) is 6.54 Å². The second-order valence-corrected chi connectivity index (χ2v) is 5.37. The quantitative estimate of drug-likeness (QED) is 0.244. The van der Waals surface area contributed by atoms with Crippen LogP contribution in [0.15, 0.2) is 17.1 Å². The fraction of sp³-hybridized carbons (Fsp3) is 0.786. The summed E-state index contributed by atoms with van der Waals surface area (Å²) in [6, 6.07) is 0. The number of nitrogens with zero attached hydrogens (tertiary/aromatic N) is 1. The lowest BCUT2D eigenvalue weighted by Crippen LogP contribution is -2.70. The van der Waals surface area contributed by atoms with Crippen LogP contribution < -0.4 is 22.1 Å². The number of nitrogens with two attached hydrogens (primary N) is 2. The van der Waals surface area contributed by atoms with Crippen molar-refractivity contribution in [3.63, 3.8) is 0 Å². The monoisotopic (exact) mass is 299 g/mol. The summed E-state index contributed by atoms with van der Waals surface area (Å²) in [5, 5.41) is 26.7.